The molecule has 2 aromatic carbocycles. The maximum atomic E-state index is 4.80. The van der Waals surface area contributed by atoms with Crippen molar-refractivity contribution < 1.29 is 4.74 Å². The van der Waals surface area contributed by atoms with Crippen molar-refractivity contribution in [2.75, 3.05) is 13.2 Å². The first kappa shape index (κ1) is 19.4. The number of benzene rings is 2. The lowest BCUT2D eigenvalue weighted by atomic mass is 9.84. The standard InChI is InChI=1S/C23H25N.C5H6O/c1-2-8-19-16(5-1)10-11-23-21-9-3-6-17(15-18-7-4-14-24-18)20(21)12-13-22(19)23;1-2-4-6-5-3-1/h3,6,8-13,17-18,24H,1-2,4-5,7,14-15H2;1-4H,5H2/t17-,18?;/m1./s1. The minimum atomic E-state index is 0.560. The zero-order chi connectivity index (χ0) is 20.2. The predicted octanol–water partition coefficient (Wildman–Crippen LogP) is 4.62. The molecule has 6 rings (SSSR count). The van der Waals surface area contributed by atoms with Gasteiger partial charge in [-0.2, -0.15) is 0 Å². The quantitative estimate of drug-likeness (QED) is 0.798. The van der Waals surface area contributed by atoms with Crippen LogP contribution in [0.2, 0.25) is 0 Å². The summed E-state index contributed by atoms with van der Waals surface area (Å²) in [7, 11) is 0. The Bertz CT molecular complexity index is 1100. The van der Waals surface area contributed by atoms with E-state index in [9.17, 15) is 0 Å². The summed E-state index contributed by atoms with van der Waals surface area (Å²) < 4.78 is 4.80. The number of hydrogen-bond donors (Lipinski definition) is 1. The van der Waals surface area contributed by atoms with Crippen LogP contribution in [0.15, 0.2) is 60.9 Å². The van der Waals surface area contributed by atoms with Crippen LogP contribution in [0, 0.1) is 0 Å². The van der Waals surface area contributed by atoms with Crippen LogP contribution < -0.4 is 15.8 Å². The fourth-order valence-corrected chi connectivity index (χ4v) is 5.23. The summed E-state index contributed by atoms with van der Waals surface area (Å²) in [6.07, 6.45) is 24.6. The van der Waals surface area contributed by atoms with Gasteiger partial charge in [0, 0.05) is 12.0 Å². The van der Waals surface area contributed by atoms with E-state index in [1.54, 1.807) is 6.26 Å². The second kappa shape index (κ2) is 9.06. The van der Waals surface area contributed by atoms with E-state index in [2.05, 4.69) is 53.9 Å². The maximum Gasteiger partial charge on any atom is 0.106 e. The van der Waals surface area contributed by atoms with Crippen molar-refractivity contribution in [3.05, 3.63) is 82.5 Å². The van der Waals surface area contributed by atoms with Crippen LogP contribution in [0.25, 0.3) is 22.9 Å². The maximum absolute atomic E-state index is 4.80. The van der Waals surface area contributed by atoms with Crippen LogP contribution in [-0.4, -0.2) is 19.2 Å². The Morgan fingerprint density at radius 2 is 1.90 bits per heavy atom. The number of allylic oxidation sites excluding steroid dienone is 4. The highest BCUT2D eigenvalue weighted by atomic mass is 16.5. The van der Waals surface area contributed by atoms with Crippen molar-refractivity contribution >= 4 is 22.9 Å². The molecule has 30 heavy (non-hydrogen) atoms. The van der Waals surface area contributed by atoms with Gasteiger partial charge in [-0.05, 0) is 89.6 Å². The molecule has 154 valence electrons. The average Bonchev–Trinajstić information content (AvgIpc) is 3.33. The van der Waals surface area contributed by atoms with Gasteiger partial charge in [0.1, 0.15) is 6.61 Å². The van der Waals surface area contributed by atoms with Crippen molar-refractivity contribution in [1.82, 2.24) is 5.32 Å². The van der Waals surface area contributed by atoms with Gasteiger partial charge in [0.15, 0.2) is 0 Å². The fraction of sp³-hybridized carbons (Fsp3) is 0.357. The van der Waals surface area contributed by atoms with Crippen LogP contribution in [-0.2, 0) is 11.2 Å². The largest absolute Gasteiger partial charge is 0.497 e. The molecule has 0 amide bonds. The third-order valence-corrected chi connectivity index (χ3v) is 6.73. The molecule has 1 fully saturated rings. The molecule has 0 spiro atoms. The van der Waals surface area contributed by atoms with E-state index in [1.165, 1.54) is 77.4 Å². The highest BCUT2D eigenvalue weighted by Gasteiger charge is 2.21. The summed E-state index contributed by atoms with van der Waals surface area (Å²) in [6.45, 7) is 1.93. The summed E-state index contributed by atoms with van der Waals surface area (Å²) in [5, 5.41) is 9.52. The van der Waals surface area contributed by atoms with Crippen LogP contribution in [0.3, 0.4) is 0 Å². The summed E-state index contributed by atoms with van der Waals surface area (Å²) >= 11 is 0. The van der Waals surface area contributed by atoms with Gasteiger partial charge in [-0.3, -0.25) is 0 Å². The normalized spacial score (nSPS) is 23.5. The first-order valence-electron chi connectivity index (χ1n) is 11.5. The molecule has 0 aromatic heterocycles. The molecular weight excluding hydrogens is 366 g/mol. The first-order chi connectivity index (χ1) is 14.9. The van der Waals surface area contributed by atoms with Gasteiger partial charge in [-0.25, -0.2) is 0 Å². The zero-order valence-electron chi connectivity index (χ0n) is 17.6. The van der Waals surface area contributed by atoms with E-state index in [1.807, 2.05) is 18.2 Å². The van der Waals surface area contributed by atoms with Gasteiger partial charge in [-0.15, -0.1) is 0 Å². The number of fused-ring (bicyclic) bond motifs is 5. The molecule has 1 saturated heterocycles. The highest BCUT2D eigenvalue weighted by molar-refractivity contribution is 5.87. The van der Waals surface area contributed by atoms with Gasteiger partial charge in [-0.1, -0.05) is 54.6 Å². The third-order valence-electron chi connectivity index (χ3n) is 6.73. The molecule has 2 atom stereocenters. The molecule has 1 unspecified atom stereocenters. The van der Waals surface area contributed by atoms with Crippen molar-refractivity contribution in [2.45, 2.75) is 50.5 Å². The molecule has 0 bridgehead atoms. The van der Waals surface area contributed by atoms with Gasteiger partial charge >= 0.3 is 0 Å². The Labute approximate surface area is 179 Å². The molecule has 2 nitrogen and oxygen atoms in total. The second-order valence-corrected chi connectivity index (χ2v) is 8.68. The minimum absolute atomic E-state index is 0.560. The predicted molar refractivity (Wildman–Crippen MR) is 127 cm³/mol. The van der Waals surface area contributed by atoms with Gasteiger partial charge < -0.3 is 10.1 Å². The van der Waals surface area contributed by atoms with Crippen LogP contribution in [0.1, 0.15) is 49.1 Å². The molecule has 2 aliphatic heterocycles. The SMILES string of the molecule is C1=CCOC=C1.C1=C[C@H](CC2CCCN2)c2ccc3c4c(ccc3c2=C1)CCCC=4. The average molecular weight is 398 g/mol. The van der Waals surface area contributed by atoms with Crippen LogP contribution in [0.5, 0.6) is 0 Å². The van der Waals surface area contributed by atoms with Crippen LogP contribution in [0.4, 0.5) is 0 Å². The molecule has 0 saturated carbocycles. The number of aryl methyl sites for hydroxylation is 1. The van der Waals surface area contributed by atoms with E-state index in [-0.39, 0.29) is 0 Å². The lowest BCUT2D eigenvalue weighted by Gasteiger charge is -2.22. The Hall–Kier alpha value is -2.58. The van der Waals surface area contributed by atoms with E-state index >= 15 is 0 Å². The van der Waals surface area contributed by atoms with Gasteiger partial charge in [0.05, 0.1) is 6.26 Å². The van der Waals surface area contributed by atoms with E-state index in [0.29, 0.717) is 12.0 Å². The molecule has 4 aliphatic rings. The highest BCUT2D eigenvalue weighted by Crippen LogP contribution is 2.27. The second-order valence-electron chi connectivity index (χ2n) is 8.68. The molecule has 2 heterocycles. The zero-order valence-corrected chi connectivity index (χ0v) is 17.6. The van der Waals surface area contributed by atoms with Gasteiger partial charge in [0.25, 0.3) is 0 Å². The molecule has 2 heteroatoms. The fourth-order valence-electron chi connectivity index (χ4n) is 5.23. The Morgan fingerprint density at radius 3 is 2.67 bits per heavy atom. The third kappa shape index (κ3) is 4.02. The molecule has 1 N–H and O–H groups in total. The summed E-state index contributed by atoms with van der Waals surface area (Å²) in [4.78, 5) is 0. The van der Waals surface area contributed by atoms with Crippen LogP contribution >= 0.6 is 0 Å². The number of hydrogen-bond acceptors (Lipinski definition) is 2. The minimum Gasteiger partial charge on any atom is -0.497 e. The molecule has 2 aliphatic carbocycles. The Kier molecular flexibility index (Phi) is 5.85. The summed E-state index contributed by atoms with van der Waals surface area (Å²) in [6, 6.07) is 10.2. The van der Waals surface area contributed by atoms with Crippen molar-refractivity contribution in [1.29, 1.82) is 0 Å². The van der Waals surface area contributed by atoms with Crippen molar-refractivity contribution in [3.8, 4) is 0 Å². The molecule has 0 radical (unpaired) electrons. The Balaban J connectivity index is 0.000000279. The number of ether oxygens (including phenoxy) is 1. The van der Waals surface area contributed by atoms with Crippen molar-refractivity contribution in [3.63, 3.8) is 0 Å². The topological polar surface area (TPSA) is 21.3 Å². The number of nitrogens with one attached hydrogen (secondary N) is 1. The van der Waals surface area contributed by atoms with Crippen molar-refractivity contribution in [2.24, 2.45) is 0 Å². The molecule has 2 aromatic rings. The summed E-state index contributed by atoms with van der Waals surface area (Å²) in [5.74, 6) is 0.560. The smallest absolute Gasteiger partial charge is 0.106 e. The Morgan fingerprint density at radius 1 is 0.967 bits per heavy atom. The number of rotatable bonds is 2. The lowest BCUT2D eigenvalue weighted by Crippen LogP contribution is -2.27. The monoisotopic (exact) mass is 397 g/mol. The lowest BCUT2D eigenvalue weighted by molar-refractivity contribution is 0.286. The summed E-state index contributed by atoms with van der Waals surface area (Å²) in [5.41, 5.74) is 3.06. The molecular formula is C28H31NO. The van der Waals surface area contributed by atoms with E-state index in [0.717, 1.165) is 6.61 Å². The van der Waals surface area contributed by atoms with E-state index < -0.39 is 0 Å². The van der Waals surface area contributed by atoms with Gasteiger partial charge in [0.2, 0.25) is 0 Å². The first-order valence-corrected chi connectivity index (χ1v) is 11.5. The van der Waals surface area contributed by atoms with E-state index in [4.69, 9.17) is 4.74 Å².